The van der Waals surface area contributed by atoms with E-state index >= 15 is 0 Å². The Morgan fingerprint density at radius 2 is 2.00 bits per heavy atom. The zero-order valence-electron chi connectivity index (χ0n) is 9.53. The number of anilines is 1. The Morgan fingerprint density at radius 3 is 2.50 bits per heavy atom. The molecule has 0 saturated heterocycles. The van der Waals surface area contributed by atoms with Crippen molar-refractivity contribution >= 4 is 11.6 Å². The lowest BCUT2D eigenvalue weighted by atomic mass is 10.2. The van der Waals surface area contributed by atoms with E-state index in [1.54, 1.807) is 19.1 Å². The molecule has 0 fully saturated rings. The zero-order chi connectivity index (χ0) is 12.1. The first-order valence-corrected chi connectivity index (χ1v) is 4.88. The smallest absolute Gasteiger partial charge is 0.268 e. The summed E-state index contributed by atoms with van der Waals surface area (Å²) >= 11 is 0. The van der Waals surface area contributed by atoms with E-state index in [9.17, 15) is 9.18 Å². The van der Waals surface area contributed by atoms with Gasteiger partial charge in [0.15, 0.2) is 0 Å². The molecule has 0 heterocycles. The van der Waals surface area contributed by atoms with Gasteiger partial charge in [0, 0.05) is 12.7 Å². The molecule has 1 N–H and O–H groups in total. The van der Waals surface area contributed by atoms with Crippen LogP contribution in [0.1, 0.15) is 6.92 Å². The van der Waals surface area contributed by atoms with E-state index in [1.165, 1.54) is 26.3 Å². The molecule has 1 aromatic rings. The Balaban J connectivity index is 2.60. The van der Waals surface area contributed by atoms with Crippen molar-refractivity contribution in [2.75, 3.05) is 19.5 Å². The molecule has 88 valence electrons. The van der Waals surface area contributed by atoms with Crippen LogP contribution in [0, 0.1) is 5.82 Å². The van der Waals surface area contributed by atoms with E-state index in [0.29, 0.717) is 5.69 Å². The van der Waals surface area contributed by atoms with E-state index in [4.69, 9.17) is 4.84 Å². The number of carbonyl (C=O) groups is 1. The monoisotopic (exact) mass is 226 g/mol. The van der Waals surface area contributed by atoms with Crippen LogP contribution in [0.25, 0.3) is 0 Å². The highest BCUT2D eigenvalue weighted by molar-refractivity contribution is 5.83. The van der Waals surface area contributed by atoms with Crippen LogP contribution in [0.3, 0.4) is 0 Å². The summed E-state index contributed by atoms with van der Waals surface area (Å²) in [7, 11) is 2.95. The van der Waals surface area contributed by atoms with Gasteiger partial charge in [-0.25, -0.2) is 9.45 Å². The van der Waals surface area contributed by atoms with Gasteiger partial charge in [0.05, 0.1) is 7.11 Å². The second-order valence-corrected chi connectivity index (χ2v) is 3.39. The molecule has 0 saturated carbocycles. The van der Waals surface area contributed by atoms with E-state index in [0.717, 1.165) is 5.06 Å². The summed E-state index contributed by atoms with van der Waals surface area (Å²) in [5.74, 6) is -0.509. The number of rotatable bonds is 4. The normalized spacial score (nSPS) is 12.0. The largest absolute Gasteiger partial charge is 0.374 e. The van der Waals surface area contributed by atoms with Gasteiger partial charge >= 0.3 is 0 Å². The standard InChI is InChI=1S/C11H15FN2O2/c1-8(11(15)14(2)16-3)13-10-6-4-9(12)5-7-10/h4-8,13H,1-3H3/t8-/m0/s1. The molecular weight excluding hydrogens is 211 g/mol. The van der Waals surface area contributed by atoms with Gasteiger partial charge in [-0.3, -0.25) is 9.63 Å². The van der Waals surface area contributed by atoms with Crippen molar-refractivity contribution in [3.63, 3.8) is 0 Å². The van der Waals surface area contributed by atoms with Crippen LogP contribution in [-0.4, -0.2) is 31.2 Å². The van der Waals surface area contributed by atoms with Gasteiger partial charge in [0.1, 0.15) is 11.9 Å². The number of benzene rings is 1. The molecule has 5 heteroatoms. The number of carbonyl (C=O) groups excluding carboxylic acids is 1. The maximum atomic E-state index is 12.6. The molecule has 1 aromatic carbocycles. The first-order valence-electron chi connectivity index (χ1n) is 4.88. The second-order valence-electron chi connectivity index (χ2n) is 3.39. The molecule has 0 aliphatic heterocycles. The van der Waals surface area contributed by atoms with Crippen LogP contribution >= 0.6 is 0 Å². The van der Waals surface area contributed by atoms with E-state index < -0.39 is 6.04 Å². The molecule has 1 atom stereocenters. The van der Waals surface area contributed by atoms with Crippen molar-refractivity contribution in [3.05, 3.63) is 30.1 Å². The lowest BCUT2D eigenvalue weighted by Crippen LogP contribution is -2.38. The van der Waals surface area contributed by atoms with Crippen LogP contribution < -0.4 is 5.32 Å². The molecule has 0 bridgehead atoms. The SMILES string of the molecule is CON(C)C(=O)[C@H](C)Nc1ccc(F)cc1. The lowest BCUT2D eigenvalue weighted by Gasteiger charge is -2.20. The van der Waals surface area contributed by atoms with E-state index in [2.05, 4.69) is 5.32 Å². The summed E-state index contributed by atoms with van der Waals surface area (Å²) in [4.78, 5) is 16.4. The maximum Gasteiger partial charge on any atom is 0.268 e. The molecule has 0 aliphatic carbocycles. The molecule has 0 aromatic heterocycles. The third-order valence-corrected chi connectivity index (χ3v) is 2.18. The van der Waals surface area contributed by atoms with E-state index in [1.807, 2.05) is 0 Å². The number of likely N-dealkylation sites (N-methyl/N-ethyl adjacent to an activating group) is 1. The summed E-state index contributed by atoms with van der Waals surface area (Å²) in [5.41, 5.74) is 0.687. The highest BCUT2D eigenvalue weighted by Gasteiger charge is 2.16. The van der Waals surface area contributed by atoms with Gasteiger partial charge in [0.2, 0.25) is 0 Å². The Hall–Kier alpha value is -1.62. The summed E-state index contributed by atoms with van der Waals surface area (Å²) in [6, 6.07) is 5.38. The van der Waals surface area contributed by atoms with Crippen LogP contribution in [0.15, 0.2) is 24.3 Å². The van der Waals surface area contributed by atoms with Crippen molar-refractivity contribution in [1.82, 2.24) is 5.06 Å². The van der Waals surface area contributed by atoms with Gasteiger partial charge in [0.25, 0.3) is 5.91 Å². The van der Waals surface area contributed by atoms with Crippen molar-refractivity contribution in [2.24, 2.45) is 0 Å². The summed E-state index contributed by atoms with van der Waals surface area (Å²) in [6.07, 6.45) is 0. The summed E-state index contributed by atoms with van der Waals surface area (Å²) in [5, 5.41) is 4.09. The number of nitrogens with one attached hydrogen (secondary N) is 1. The number of hydrogen-bond acceptors (Lipinski definition) is 3. The first-order chi connectivity index (χ1) is 7.54. The Morgan fingerprint density at radius 1 is 1.44 bits per heavy atom. The second kappa shape index (κ2) is 5.46. The quantitative estimate of drug-likeness (QED) is 0.794. The first kappa shape index (κ1) is 12.4. The number of amides is 1. The third-order valence-electron chi connectivity index (χ3n) is 2.18. The maximum absolute atomic E-state index is 12.6. The van der Waals surface area contributed by atoms with Gasteiger partial charge in [-0.2, -0.15) is 0 Å². The number of hydrogen-bond donors (Lipinski definition) is 1. The highest BCUT2D eigenvalue weighted by atomic mass is 19.1. The number of halogens is 1. The van der Waals surface area contributed by atoms with Crippen molar-refractivity contribution < 1.29 is 14.0 Å². The molecular formula is C11H15FN2O2. The molecule has 16 heavy (non-hydrogen) atoms. The topological polar surface area (TPSA) is 41.6 Å². The van der Waals surface area contributed by atoms with Gasteiger partial charge in [-0.05, 0) is 31.2 Å². The molecule has 0 aliphatic rings. The summed E-state index contributed by atoms with van der Waals surface area (Å²) in [6.45, 7) is 1.71. The van der Waals surface area contributed by atoms with Crippen molar-refractivity contribution in [1.29, 1.82) is 0 Å². The molecule has 1 rings (SSSR count). The molecule has 0 radical (unpaired) electrons. The molecule has 4 nitrogen and oxygen atoms in total. The Kier molecular flexibility index (Phi) is 4.25. The minimum atomic E-state index is -0.435. The van der Waals surface area contributed by atoms with Gasteiger partial charge < -0.3 is 5.32 Å². The molecule has 0 unspecified atom stereocenters. The van der Waals surface area contributed by atoms with E-state index in [-0.39, 0.29) is 11.7 Å². The number of hydroxylamine groups is 2. The van der Waals surface area contributed by atoms with Crippen molar-refractivity contribution in [3.8, 4) is 0 Å². The van der Waals surface area contributed by atoms with Crippen LogP contribution in [0.2, 0.25) is 0 Å². The fourth-order valence-corrected chi connectivity index (χ4v) is 1.22. The summed E-state index contributed by atoms with van der Waals surface area (Å²) < 4.78 is 12.6. The molecule has 0 spiro atoms. The van der Waals surface area contributed by atoms with Crippen LogP contribution in [0.4, 0.5) is 10.1 Å². The Labute approximate surface area is 94.0 Å². The fourth-order valence-electron chi connectivity index (χ4n) is 1.22. The van der Waals surface area contributed by atoms with Crippen molar-refractivity contribution in [2.45, 2.75) is 13.0 Å². The van der Waals surface area contributed by atoms with Gasteiger partial charge in [-0.15, -0.1) is 0 Å². The predicted octanol–water partition coefficient (Wildman–Crippen LogP) is 1.65. The minimum absolute atomic E-state index is 0.202. The molecule has 1 amide bonds. The van der Waals surface area contributed by atoms with Crippen LogP contribution in [0.5, 0.6) is 0 Å². The average Bonchev–Trinajstić information content (AvgIpc) is 2.30. The highest BCUT2D eigenvalue weighted by Crippen LogP contribution is 2.10. The van der Waals surface area contributed by atoms with Crippen LogP contribution in [-0.2, 0) is 9.63 Å². The minimum Gasteiger partial charge on any atom is -0.374 e. The zero-order valence-corrected chi connectivity index (χ0v) is 9.53. The Bertz CT molecular complexity index is 354. The van der Waals surface area contributed by atoms with Gasteiger partial charge in [-0.1, -0.05) is 0 Å². The predicted molar refractivity (Wildman–Crippen MR) is 59.3 cm³/mol. The fraction of sp³-hybridized carbons (Fsp3) is 0.364. The third kappa shape index (κ3) is 3.20. The number of nitrogens with zero attached hydrogens (tertiary/aromatic N) is 1. The average molecular weight is 226 g/mol. The lowest BCUT2D eigenvalue weighted by molar-refractivity contribution is -0.169.